The molecule has 8 nitrogen and oxygen atoms in total. The summed E-state index contributed by atoms with van der Waals surface area (Å²) in [6, 6.07) is 0.261. The van der Waals surface area contributed by atoms with Crippen molar-refractivity contribution in [2.75, 3.05) is 19.6 Å². The Labute approximate surface area is 140 Å². The van der Waals surface area contributed by atoms with Crippen LogP contribution in [0.15, 0.2) is 16.9 Å². The van der Waals surface area contributed by atoms with Crippen molar-refractivity contribution in [3.63, 3.8) is 0 Å². The maximum atomic E-state index is 12.2. The summed E-state index contributed by atoms with van der Waals surface area (Å²) in [5.41, 5.74) is 0. The Bertz CT molecular complexity index is 620. The van der Waals surface area contributed by atoms with Crippen LogP contribution in [0.1, 0.15) is 19.3 Å². The normalized spacial score (nSPS) is 21.2. The second-order valence-corrected chi connectivity index (χ2v) is 6.34. The predicted molar refractivity (Wildman–Crippen MR) is 81.3 cm³/mol. The number of halogens is 1. The van der Waals surface area contributed by atoms with Crippen molar-refractivity contribution in [1.82, 2.24) is 19.8 Å². The first kappa shape index (κ1) is 15.9. The van der Waals surface area contributed by atoms with Gasteiger partial charge in [0.1, 0.15) is 12.6 Å². The van der Waals surface area contributed by atoms with Crippen LogP contribution in [0.4, 0.5) is 0 Å². The molecule has 0 radical (unpaired) electrons. The van der Waals surface area contributed by atoms with Gasteiger partial charge in [-0.15, -0.1) is 0 Å². The van der Waals surface area contributed by atoms with Crippen LogP contribution in [0, 0.1) is 0 Å². The average molecular weight is 383 g/mol. The van der Waals surface area contributed by atoms with E-state index >= 15 is 0 Å². The first-order chi connectivity index (χ1) is 11.0. The van der Waals surface area contributed by atoms with Crippen LogP contribution in [-0.2, 0) is 14.4 Å². The minimum Gasteiger partial charge on any atom is -0.458 e. The molecular formula is C14H15BrN4O4. The molecule has 3 heterocycles. The number of likely N-dealkylation sites (tertiary alicyclic amines) is 2. The molecule has 3 amide bonds. The molecule has 1 atom stereocenters. The molecule has 2 aliphatic rings. The molecule has 0 saturated carbocycles. The highest BCUT2D eigenvalue weighted by atomic mass is 79.9. The Hall–Kier alpha value is -2.03. The van der Waals surface area contributed by atoms with Gasteiger partial charge in [-0.25, -0.2) is 9.97 Å². The molecular weight excluding hydrogens is 368 g/mol. The van der Waals surface area contributed by atoms with Gasteiger partial charge in [0, 0.05) is 38.2 Å². The van der Waals surface area contributed by atoms with Crippen molar-refractivity contribution >= 4 is 33.7 Å². The summed E-state index contributed by atoms with van der Waals surface area (Å²) < 4.78 is 6.40. The molecule has 2 fully saturated rings. The summed E-state index contributed by atoms with van der Waals surface area (Å²) in [5.74, 6) is -0.798. The van der Waals surface area contributed by atoms with E-state index in [0.717, 1.165) is 9.37 Å². The fraction of sp³-hybridized carbons (Fsp3) is 0.500. The van der Waals surface area contributed by atoms with Crippen LogP contribution in [0.25, 0.3) is 0 Å². The first-order valence-electron chi connectivity index (χ1n) is 7.28. The Kier molecular flexibility index (Phi) is 4.56. The van der Waals surface area contributed by atoms with Gasteiger partial charge in [-0.05, 0) is 15.9 Å². The highest BCUT2D eigenvalue weighted by molar-refractivity contribution is 9.10. The molecule has 0 N–H and O–H groups in total. The Balaban J connectivity index is 1.52. The number of nitrogens with zero attached hydrogens (tertiary/aromatic N) is 4. The summed E-state index contributed by atoms with van der Waals surface area (Å²) >= 11 is 3.24. The first-order valence-corrected chi connectivity index (χ1v) is 8.07. The molecule has 0 bridgehead atoms. The van der Waals surface area contributed by atoms with Crippen molar-refractivity contribution in [3.8, 4) is 6.01 Å². The van der Waals surface area contributed by atoms with Gasteiger partial charge in [0.15, 0.2) is 0 Å². The predicted octanol–water partition coefficient (Wildman–Crippen LogP) is 0.368. The summed E-state index contributed by atoms with van der Waals surface area (Å²) in [6.45, 7) is 0.740. The molecule has 2 aliphatic heterocycles. The summed E-state index contributed by atoms with van der Waals surface area (Å²) in [4.78, 5) is 46.0. The highest BCUT2D eigenvalue weighted by Crippen LogP contribution is 2.18. The third-order valence-electron chi connectivity index (χ3n) is 3.81. The van der Waals surface area contributed by atoms with Gasteiger partial charge in [0.25, 0.3) is 0 Å². The van der Waals surface area contributed by atoms with Crippen LogP contribution in [-0.4, -0.2) is 63.2 Å². The molecule has 0 aromatic carbocycles. The molecule has 2 saturated heterocycles. The number of carbonyl (C=O) groups is 3. The molecule has 1 aromatic rings. The summed E-state index contributed by atoms with van der Waals surface area (Å²) in [5, 5.41) is 0. The minimum atomic E-state index is -0.279. The van der Waals surface area contributed by atoms with Gasteiger partial charge in [-0.2, -0.15) is 0 Å². The largest absolute Gasteiger partial charge is 0.458 e. The third kappa shape index (κ3) is 3.66. The van der Waals surface area contributed by atoms with Gasteiger partial charge < -0.3 is 9.64 Å². The zero-order chi connectivity index (χ0) is 16.4. The number of rotatable bonds is 4. The lowest BCUT2D eigenvalue weighted by Gasteiger charge is -2.20. The minimum absolute atomic E-state index is 0.181. The quantitative estimate of drug-likeness (QED) is 0.698. The van der Waals surface area contributed by atoms with E-state index in [1.807, 2.05) is 0 Å². The van der Waals surface area contributed by atoms with Crippen molar-refractivity contribution in [2.24, 2.45) is 0 Å². The third-order valence-corrected chi connectivity index (χ3v) is 4.22. The van der Waals surface area contributed by atoms with Gasteiger partial charge in [0.2, 0.25) is 17.7 Å². The van der Waals surface area contributed by atoms with E-state index in [2.05, 4.69) is 25.9 Å². The van der Waals surface area contributed by atoms with Crippen molar-refractivity contribution in [2.45, 2.75) is 25.4 Å². The number of ether oxygens (including phenoxy) is 1. The van der Waals surface area contributed by atoms with E-state index in [4.69, 9.17) is 4.74 Å². The van der Waals surface area contributed by atoms with E-state index < -0.39 is 0 Å². The summed E-state index contributed by atoms with van der Waals surface area (Å²) in [6.07, 6.45) is 4.03. The number of carbonyl (C=O) groups excluding carboxylic acids is 3. The maximum absolute atomic E-state index is 12.2. The van der Waals surface area contributed by atoms with Crippen LogP contribution in [0.3, 0.4) is 0 Å². The van der Waals surface area contributed by atoms with Gasteiger partial charge in [-0.3, -0.25) is 19.3 Å². The van der Waals surface area contributed by atoms with Crippen LogP contribution in [0.5, 0.6) is 6.01 Å². The van der Waals surface area contributed by atoms with Gasteiger partial charge >= 0.3 is 6.01 Å². The number of hydrogen-bond donors (Lipinski definition) is 0. The average Bonchev–Trinajstić information content (AvgIpc) is 3.11. The molecule has 23 heavy (non-hydrogen) atoms. The van der Waals surface area contributed by atoms with Gasteiger partial charge in [0.05, 0.1) is 11.0 Å². The molecule has 0 aliphatic carbocycles. The van der Waals surface area contributed by atoms with Gasteiger partial charge in [-0.1, -0.05) is 0 Å². The van der Waals surface area contributed by atoms with Crippen molar-refractivity contribution in [1.29, 1.82) is 0 Å². The number of amides is 3. The lowest BCUT2D eigenvalue weighted by atomic mass is 10.3. The molecule has 122 valence electrons. The van der Waals surface area contributed by atoms with Crippen molar-refractivity contribution in [3.05, 3.63) is 16.9 Å². The molecule has 1 aromatic heterocycles. The van der Waals surface area contributed by atoms with E-state index in [1.165, 1.54) is 0 Å². The molecule has 0 unspecified atom stereocenters. The van der Waals surface area contributed by atoms with E-state index in [0.29, 0.717) is 19.5 Å². The van der Waals surface area contributed by atoms with Crippen LogP contribution >= 0.6 is 15.9 Å². The number of aromatic nitrogens is 2. The SMILES string of the molecule is O=C(CN1C(=O)CCC1=O)N1CC[C@H](Oc2ncc(Br)cn2)C1. The fourth-order valence-electron chi connectivity index (χ4n) is 2.60. The number of imide groups is 1. The fourth-order valence-corrected chi connectivity index (χ4v) is 2.80. The molecule has 9 heteroatoms. The summed E-state index contributed by atoms with van der Waals surface area (Å²) in [7, 11) is 0. The zero-order valence-electron chi connectivity index (χ0n) is 12.3. The smallest absolute Gasteiger partial charge is 0.316 e. The van der Waals surface area contributed by atoms with Crippen molar-refractivity contribution < 1.29 is 19.1 Å². The van der Waals surface area contributed by atoms with E-state index in [-0.39, 0.29) is 49.2 Å². The maximum Gasteiger partial charge on any atom is 0.316 e. The zero-order valence-corrected chi connectivity index (χ0v) is 13.9. The van der Waals surface area contributed by atoms with E-state index in [9.17, 15) is 14.4 Å². The lowest BCUT2D eigenvalue weighted by Crippen LogP contribution is -2.42. The number of hydrogen-bond acceptors (Lipinski definition) is 6. The Morgan fingerprint density at radius 2 is 1.91 bits per heavy atom. The second-order valence-electron chi connectivity index (χ2n) is 5.43. The topological polar surface area (TPSA) is 92.7 Å². The Morgan fingerprint density at radius 3 is 2.57 bits per heavy atom. The standard InChI is InChI=1S/C14H15BrN4O4/c15-9-5-16-14(17-6-9)23-10-3-4-18(7-10)13(22)8-19-11(20)1-2-12(19)21/h5-6,10H,1-4,7-8H2/t10-/m0/s1. The molecule has 0 spiro atoms. The molecule has 3 rings (SSSR count). The van der Waals surface area contributed by atoms with E-state index in [1.54, 1.807) is 17.3 Å². The highest BCUT2D eigenvalue weighted by Gasteiger charge is 2.34. The van der Waals surface area contributed by atoms with Crippen LogP contribution in [0.2, 0.25) is 0 Å². The lowest BCUT2D eigenvalue weighted by molar-refractivity contribution is -0.145. The Morgan fingerprint density at radius 1 is 1.26 bits per heavy atom. The second kappa shape index (κ2) is 6.61. The van der Waals surface area contributed by atoms with Crippen LogP contribution < -0.4 is 4.74 Å². The monoisotopic (exact) mass is 382 g/mol.